The first-order valence-corrected chi connectivity index (χ1v) is 7.44. The molecule has 1 aromatic heterocycles. The molecule has 122 valence electrons. The standard InChI is InChI=1S/C17H24N2O2.ClH/c1-11(2)14-9-15-13(8-17(20)19-6-5-18-4)10-21-16(15)7-12(14)3;/h7,9-11,18H,5-6,8H2,1-4H3,(H,19,20);1H. The second-order valence-electron chi connectivity index (χ2n) is 5.75. The molecule has 0 spiro atoms. The summed E-state index contributed by atoms with van der Waals surface area (Å²) >= 11 is 0. The maximum atomic E-state index is 11.9. The van der Waals surface area contributed by atoms with Gasteiger partial charge in [0.2, 0.25) is 5.91 Å². The van der Waals surface area contributed by atoms with Gasteiger partial charge in [-0.15, -0.1) is 12.4 Å². The molecule has 0 radical (unpaired) electrons. The highest BCUT2D eigenvalue weighted by Gasteiger charge is 2.13. The summed E-state index contributed by atoms with van der Waals surface area (Å²) in [6, 6.07) is 4.22. The van der Waals surface area contributed by atoms with Crippen molar-refractivity contribution in [2.45, 2.75) is 33.1 Å². The second-order valence-corrected chi connectivity index (χ2v) is 5.75. The molecule has 2 aromatic rings. The van der Waals surface area contributed by atoms with Crippen molar-refractivity contribution < 1.29 is 9.21 Å². The first kappa shape index (κ1) is 18.5. The van der Waals surface area contributed by atoms with E-state index in [1.165, 1.54) is 11.1 Å². The Morgan fingerprint density at radius 2 is 2.00 bits per heavy atom. The first-order valence-electron chi connectivity index (χ1n) is 7.44. The number of nitrogens with one attached hydrogen (secondary N) is 2. The van der Waals surface area contributed by atoms with Crippen LogP contribution in [0, 0.1) is 6.92 Å². The minimum atomic E-state index is 0. The summed E-state index contributed by atoms with van der Waals surface area (Å²) in [4.78, 5) is 11.9. The van der Waals surface area contributed by atoms with Crippen molar-refractivity contribution in [2.75, 3.05) is 20.1 Å². The molecule has 2 N–H and O–H groups in total. The van der Waals surface area contributed by atoms with Gasteiger partial charge in [0.25, 0.3) is 0 Å². The summed E-state index contributed by atoms with van der Waals surface area (Å²) in [6.07, 6.45) is 2.06. The van der Waals surface area contributed by atoms with Gasteiger partial charge in [0.05, 0.1) is 12.7 Å². The predicted octanol–water partition coefficient (Wildman–Crippen LogP) is 3.16. The van der Waals surface area contributed by atoms with Gasteiger partial charge in [-0.05, 0) is 43.1 Å². The van der Waals surface area contributed by atoms with E-state index in [1.54, 1.807) is 6.26 Å². The summed E-state index contributed by atoms with van der Waals surface area (Å²) in [7, 11) is 1.87. The third kappa shape index (κ3) is 4.24. The molecule has 0 unspecified atom stereocenters. The number of benzene rings is 1. The first-order chi connectivity index (χ1) is 10.0. The quantitative estimate of drug-likeness (QED) is 0.802. The van der Waals surface area contributed by atoms with E-state index < -0.39 is 0 Å². The van der Waals surface area contributed by atoms with Crippen LogP contribution in [0.2, 0.25) is 0 Å². The number of hydrogen-bond acceptors (Lipinski definition) is 3. The van der Waals surface area contributed by atoms with Gasteiger partial charge >= 0.3 is 0 Å². The van der Waals surface area contributed by atoms with Gasteiger partial charge in [-0.25, -0.2) is 0 Å². The van der Waals surface area contributed by atoms with Crippen LogP contribution in [0.5, 0.6) is 0 Å². The third-order valence-electron chi connectivity index (χ3n) is 3.71. The molecule has 22 heavy (non-hydrogen) atoms. The monoisotopic (exact) mass is 324 g/mol. The lowest BCUT2D eigenvalue weighted by molar-refractivity contribution is -0.120. The Labute approximate surface area is 138 Å². The van der Waals surface area contributed by atoms with E-state index in [4.69, 9.17) is 4.42 Å². The van der Waals surface area contributed by atoms with Gasteiger partial charge in [0.15, 0.2) is 0 Å². The van der Waals surface area contributed by atoms with Crippen LogP contribution in [0.4, 0.5) is 0 Å². The summed E-state index contributed by atoms with van der Waals surface area (Å²) < 4.78 is 5.60. The lowest BCUT2D eigenvalue weighted by Gasteiger charge is -2.10. The smallest absolute Gasteiger partial charge is 0.224 e. The summed E-state index contributed by atoms with van der Waals surface area (Å²) in [5, 5.41) is 6.95. The van der Waals surface area contributed by atoms with E-state index in [0.717, 1.165) is 23.1 Å². The van der Waals surface area contributed by atoms with Crippen LogP contribution in [0.25, 0.3) is 11.0 Å². The Morgan fingerprint density at radius 3 is 2.64 bits per heavy atom. The Balaban J connectivity index is 0.00000242. The molecule has 0 aliphatic rings. The maximum absolute atomic E-state index is 11.9. The number of furan rings is 1. The average Bonchev–Trinajstić information content (AvgIpc) is 2.80. The van der Waals surface area contributed by atoms with Gasteiger partial charge in [-0.3, -0.25) is 4.79 Å². The molecule has 5 heteroatoms. The summed E-state index contributed by atoms with van der Waals surface area (Å²) in [5.41, 5.74) is 4.35. The van der Waals surface area contributed by atoms with Gasteiger partial charge in [-0.2, -0.15) is 0 Å². The van der Waals surface area contributed by atoms with Crippen molar-refractivity contribution in [3.8, 4) is 0 Å². The van der Waals surface area contributed by atoms with E-state index in [2.05, 4.69) is 43.5 Å². The molecule has 0 aliphatic carbocycles. The fourth-order valence-corrected chi connectivity index (χ4v) is 2.57. The number of halogens is 1. The van der Waals surface area contributed by atoms with Crippen LogP contribution in [0.1, 0.15) is 36.5 Å². The molecule has 0 fully saturated rings. The Bertz CT molecular complexity index is 635. The molecule has 0 atom stereocenters. The number of carbonyl (C=O) groups excluding carboxylic acids is 1. The Kier molecular flexibility index (Phi) is 6.91. The molecule has 0 saturated carbocycles. The van der Waals surface area contributed by atoms with Crippen LogP contribution in [0.15, 0.2) is 22.8 Å². The molecule has 1 amide bonds. The summed E-state index contributed by atoms with van der Waals surface area (Å²) in [6.45, 7) is 7.87. The highest BCUT2D eigenvalue weighted by atomic mass is 35.5. The van der Waals surface area contributed by atoms with Gasteiger partial charge in [0, 0.05) is 24.0 Å². The summed E-state index contributed by atoms with van der Waals surface area (Å²) in [5.74, 6) is 0.487. The van der Waals surface area contributed by atoms with Gasteiger partial charge in [-0.1, -0.05) is 13.8 Å². The number of hydrogen-bond donors (Lipinski definition) is 2. The zero-order valence-corrected chi connectivity index (χ0v) is 14.5. The van der Waals surface area contributed by atoms with E-state index in [1.807, 2.05) is 7.05 Å². The van der Waals surface area contributed by atoms with E-state index >= 15 is 0 Å². The topological polar surface area (TPSA) is 54.3 Å². The Morgan fingerprint density at radius 1 is 1.27 bits per heavy atom. The van der Waals surface area contributed by atoms with Gasteiger partial charge in [0.1, 0.15) is 5.58 Å². The van der Waals surface area contributed by atoms with Crippen LogP contribution >= 0.6 is 12.4 Å². The van der Waals surface area contributed by atoms with Crippen LogP contribution in [-0.4, -0.2) is 26.0 Å². The van der Waals surface area contributed by atoms with E-state index in [0.29, 0.717) is 18.9 Å². The third-order valence-corrected chi connectivity index (χ3v) is 3.71. The fourth-order valence-electron chi connectivity index (χ4n) is 2.57. The normalized spacial score (nSPS) is 10.8. The predicted molar refractivity (Wildman–Crippen MR) is 92.9 cm³/mol. The van der Waals surface area contributed by atoms with Gasteiger partial charge < -0.3 is 15.1 Å². The molecule has 1 heterocycles. The second kappa shape index (κ2) is 8.20. The van der Waals surface area contributed by atoms with Crippen molar-refractivity contribution in [3.63, 3.8) is 0 Å². The lowest BCUT2D eigenvalue weighted by Crippen LogP contribution is -2.31. The van der Waals surface area contributed by atoms with Crippen LogP contribution in [0.3, 0.4) is 0 Å². The largest absolute Gasteiger partial charge is 0.464 e. The van der Waals surface area contributed by atoms with Crippen molar-refractivity contribution in [1.29, 1.82) is 0 Å². The van der Waals surface area contributed by atoms with Crippen molar-refractivity contribution in [2.24, 2.45) is 0 Å². The van der Waals surface area contributed by atoms with E-state index in [9.17, 15) is 4.79 Å². The van der Waals surface area contributed by atoms with Crippen molar-refractivity contribution in [3.05, 3.63) is 35.1 Å². The van der Waals surface area contributed by atoms with Crippen molar-refractivity contribution in [1.82, 2.24) is 10.6 Å². The average molecular weight is 325 g/mol. The highest BCUT2D eigenvalue weighted by Crippen LogP contribution is 2.29. The number of carbonyl (C=O) groups is 1. The van der Waals surface area contributed by atoms with Crippen LogP contribution in [-0.2, 0) is 11.2 Å². The number of aryl methyl sites for hydroxylation is 1. The molecule has 0 bridgehead atoms. The SMILES string of the molecule is CNCCNC(=O)Cc1coc2cc(C)c(C(C)C)cc12.Cl. The zero-order chi connectivity index (χ0) is 15.4. The highest BCUT2D eigenvalue weighted by molar-refractivity contribution is 5.88. The molecular formula is C17H25ClN2O2. The lowest BCUT2D eigenvalue weighted by atomic mass is 9.95. The molecule has 0 saturated heterocycles. The molecule has 2 rings (SSSR count). The zero-order valence-electron chi connectivity index (χ0n) is 13.7. The minimum Gasteiger partial charge on any atom is -0.464 e. The van der Waals surface area contributed by atoms with Crippen molar-refractivity contribution >= 4 is 29.3 Å². The number of rotatable bonds is 6. The molecule has 4 nitrogen and oxygen atoms in total. The minimum absolute atomic E-state index is 0. The number of fused-ring (bicyclic) bond motifs is 1. The maximum Gasteiger partial charge on any atom is 0.224 e. The molecule has 0 aliphatic heterocycles. The number of likely N-dealkylation sites (N-methyl/N-ethyl adjacent to an activating group) is 1. The molecular weight excluding hydrogens is 300 g/mol. The Hall–Kier alpha value is -1.52. The molecule has 1 aromatic carbocycles. The fraction of sp³-hybridized carbons (Fsp3) is 0.471. The van der Waals surface area contributed by atoms with E-state index in [-0.39, 0.29) is 18.3 Å². The number of amides is 1. The van der Waals surface area contributed by atoms with Crippen LogP contribution < -0.4 is 10.6 Å².